The number of hydrogen-bond acceptors (Lipinski definition) is 6. The zero-order valence-electron chi connectivity index (χ0n) is 12.2. The van der Waals surface area contributed by atoms with E-state index in [1.165, 1.54) is 24.5 Å². The Morgan fingerprint density at radius 1 is 1.13 bits per heavy atom. The van der Waals surface area contributed by atoms with Crippen molar-refractivity contribution in [3.63, 3.8) is 0 Å². The molecule has 0 saturated heterocycles. The SMILES string of the molecule is O=CC(O)(CCOC(=O)c1ccccc1)C(=O)c1cccnc1. The summed E-state index contributed by atoms with van der Waals surface area (Å²) in [7, 11) is 0. The van der Waals surface area contributed by atoms with Crippen LogP contribution >= 0.6 is 0 Å². The lowest BCUT2D eigenvalue weighted by Gasteiger charge is -2.19. The van der Waals surface area contributed by atoms with Crippen LogP contribution in [0.4, 0.5) is 0 Å². The molecule has 23 heavy (non-hydrogen) atoms. The van der Waals surface area contributed by atoms with E-state index in [0.717, 1.165) is 0 Å². The van der Waals surface area contributed by atoms with Gasteiger partial charge in [-0.2, -0.15) is 0 Å². The molecule has 0 aliphatic rings. The van der Waals surface area contributed by atoms with Gasteiger partial charge in [-0.25, -0.2) is 4.79 Å². The standard InChI is InChI=1S/C17H15NO5/c19-12-17(22,15(20)14-7-4-9-18-11-14)8-10-23-16(21)13-5-2-1-3-6-13/h1-7,9,11-12,22H,8,10H2. The van der Waals surface area contributed by atoms with Gasteiger partial charge >= 0.3 is 5.97 Å². The van der Waals surface area contributed by atoms with Crippen molar-refractivity contribution in [3.8, 4) is 0 Å². The highest BCUT2D eigenvalue weighted by molar-refractivity contribution is 6.11. The second kappa shape index (κ2) is 7.42. The van der Waals surface area contributed by atoms with Crippen molar-refractivity contribution in [2.45, 2.75) is 12.0 Å². The van der Waals surface area contributed by atoms with E-state index in [9.17, 15) is 19.5 Å². The van der Waals surface area contributed by atoms with Crippen molar-refractivity contribution in [2.75, 3.05) is 6.61 Å². The smallest absolute Gasteiger partial charge is 0.338 e. The summed E-state index contributed by atoms with van der Waals surface area (Å²) in [6, 6.07) is 11.3. The molecule has 0 radical (unpaired) electrons. The van der Waals surface area contributed by atoms with Crippen LogP contribution in [0.25, 0.3) is 0 Å². The lowest BCUT2D eigenvalue weighted by molar-refractivity contribution is -0.121. The average molecular weight is 313 g/mol. The summed E-state index contributed by atoms with van der Waals surface area (Å²) in [5.41, 5.74) is -1.79. The maximum Gasteiger partial charge on any atom is 0.338 e. The van der Waals surface area contributed by atoms with Crippen molar-refractivity contribution in [2.24, 2.45) is 0 Å². The van der Waals surface area contributed by atoms with Crippen LogP contribution in [0.5, 0.6) is 0 Å². The van der Waals surface area contributed by atoms with Gasteiger partial charge in [-0.15, -0.1) is 0 Å². The molecule has 0 aliphatic heterocycles. The van der Waals surface area contributed by atoms with Crippen molar-refractivity contribution >= 4 is 18.0 Å². The lowest BCUT2D eigenvalue weighted by Crippen LogP contribution is -2.41. The Bertz CT molecular complexity index is 687. The number of carbonyl (C=O) groups excluding carboxylic acids is 3. The molecule has 1 heterocycles. The molecule has 0 fully saturated rings. The van der Waals surface area contributed by atoms with E-state index >= 15 is 0 Å². The summed E-state index contributed by atoms with van der Waals surface area (Å²) >= 11 is 0. The first-order chi connectivity index (χ1) is 11.1. The second-order valence-electron chi connectivity index (χ2n) is 4.86. The third kappa shape index (κ3) is 4.08. The summed E-state index contributed by atoms with van der Waals surface area (Å²) in [6.07, 6.45) is 2.55. The lowest BCUT2D eigenvalue weighted by atomic mass is 9.92. The fraction of sp³-hybridized carbons (Fsp3) is 0.176. The van der Waals surface area contributed by atoms with Gasteiger partial charge in [-0.1, -0.05) is 18.2 Å². The molecule has 2 aromatic rings. The number of nitrogens with zero attached hydrogens (tertiary/aromatic N) is 1. The number of aromatic nitrogens is 1. The van der Waals surface area contributed by atoms with E-state index in [4.69, 9.17) is 4.74 Å². The first-order valence-electron chi connectivity index (χ1n) is 6.92. The summed E-state index contributed by atoms with van der Waals surface area (Å²) in [5, 5.41) is 10.2. The molecule has 6 heteroatoms. The molecule has 1 unspecified atom stereocenters. The number of pyridine rings is 1. The Labute approximate surface area is 132 Å². The molecule has 118 valence electrons. The molecule has 0 saturated carbocycles. The van der Waals surface area contributed by atoms with Crippen molar-refractivity contribution in [1.29, 1.82) is 0 Å². The van der Waals surface area contributed by atoms with Crippen LogP contribution in [0, 0.1) is 0 Å². The molecular formula is C17H15NO5. The first kappa shape index (κ1) is 16.5. The van der Waals surface area contributed by atoms with Gasteiger partial charge in [0.2, 0.25) is 5.78 Å². The Morgan fingerprint density at radius 2 is 1.83 bits per heavy atom. The van der Waals surface area contributed by atoms with E-state index in [0.29, 0.717) is 5.56 Å². The van der Waals surface area contributed by atoms with Gasteiger partial charge in [0.1, 0.15) is 0 Å². The van der Waals surface area contributed by atoms with Crippen molar-refractivity contribution < 1.29 is 24.2 Å². The highest BCUT2D eigenvalue weighted by atomic mass is 16.5. The number of esters is 1. The Morgan fingerprint density at radius 3 is 2.43 bits per heavy atom. The minimum Gasteiger partial charge on any atom is -0.462 e. The Kier molecular flexibility index (Phi) is 5.32. The minimum absolute atomic E-state index is 0.108. The van der Waals surface area contributed by atoms with Gasteiger partial charge in [-0.3, -0.25) is 14.6 Å². The van der Waals surface area contributed by atoms with Crippen molar-refractivity contribution in [1.82, 2.24) is 4.98 Å². The summed E-state index contributed by atoms with van der Waals surface area (Å²) in [4.78, 5) is 38.9. The van der Waals surface area contributed by atoms with E-state index in [1.807, 2.05) is 0 Å². The van der Waals surface area contributed by atoms with E-state index in [-0.39, 0.29) is 24.9 Å². The number of benzene rings is 1. The van der Waals surface area contributed by atoms with E-state index < -0.39 is 17.4 Å². The molecule has 0 amide bonds. The first-order valence-corrected chi connectivity index (χ1v) is 6.92. The third-order valence-corrected chi connectivity index (χ3v) is 3.24. The molecule has 0 spiro atoms. The van der Waals surface area contributed by atoms with Gasteiger partial charge in [0.05, 0.1) is 12.2 Å². The summed E-state index contributed by atoms with van der Waals surface area (Å²) in [6.45, 7) is -0.269. The van der Waals surface area contributed by atoms with Gasteiger partial charge in [0.15, 0.2) is 11.9 Å². The normalized spacial score (nSPS) is 12.9. The summed E-state index contributed by atoms with van der Waals surface area (Å²) in [5.74, 6) is -1.37. The fourth-order valence-corrected chi connectivity index (χ4v) is 1.93. The van der Waals surface area contributed by atoms with Gasteiger partial charge < -0.3 is 9.84 Å². The van der Waals surface area contributed by atoms with Crippen LogP contribution in [0.15, 0.2) is 54.9 Å². The molecule has 6 nitrogen and oxygen atoms in total. The zero-order valence-corrected chi connectivity index (χ0v) is 12.2. The average Bonchev–Trinajstić information content (AvgIpc) is 2.62. The predicted octanol–water partition coefficient (Wildman–Crippen LogP) is 1.44. The number of Topliss-reactive ketones (excluding diaryl/α,β-unsaturated/α-hetero) is 1. The quantitative estimate of drug-likeness (QED) is 0.360. The number of hydrogen-bond donors (Lipinski definition) is 1. The number of aldehydes is 1. The Balaban J connectivity index is 1.98. The molecule has 0 bridgehead atoms. The van der Waals surface area contributed by atoms with Crippen LogP contribution in [0.1, 0.15) is 27.1 Å². The van der Waals surface area contributed by atoms with Gasteiger partial charge in [-0.05, 0) is 24.3 Å². The van der Waals surface area contributed by atoms with Crippen LogP contribution in [-0.2, 0) is 9.53 Å². The summed E-state index contributed by atoms with van der Waals surface area (Å²) < 4.78 is 4.99. The highest BCUT2D eigenvalue weighted by Gasteiger charge is 2.36. The maximum absolute atomic E-state index is 12.2. The monoisotopic (exact) mass is 313 g/mol. The molecular weight excluding hydrogens is 298 g/mol. The predicted molar refractivity (Wildman–Crippen MR) is 80.9 cm³/mol. The number of rotatable bonds is 7. The van der Waals surface area contributed by atoms with Crippen molar-refractivity contribution in [3.05, 3.63) is 66.0 Å². The fourth-order valence-electron chi connectivity index (χ4n) is 1.93. The topological polar surface area (TPSA) is 93.6 Å². The Hall–Kier alpha value is -2.86. The van der Waals surface area contributed by atoms with Gasteiger partial charge in [0, 0.05) is 24.4 Å². The highest BCUT2D eigenvalue weighted by Crippen LogP contribution is 2.16. The number of carbonyl (C=O) groups is 3. The largest absolute Gasteiger partial charge is 0.462 e. The molecule has 2 rings (SSSR count). The van der Waals surface area contributed by atoms with Crippen LogP contribution in [0.2, 0.25) is 0 Å². The van der Waals surface area contributed by atoms with Gasteiger partial charge in [0.25, 0.3) is 0 Å². The second-order valence-corrected chi connectivity index (χ2v) is 4.86. The van der Waals surface area contributed by atoms with Crippen LogP contribution in [-0.4, -0.2) is 40.3 Å². The van der Waals surface area contributed by atoms with E-state index in [2.05, 4.69) is 4.98 Å². The number of ether oxygens (including phenoxy) is 1. The zero-order chi connectivity index (χ0) is 16.7. The van der Waals surface area contributed by atoms with E-state index in [1.54, 1.807) is 30.3 Å². The molecule has 1 aromatic heterocycles. The third-order valence-electron chi connectivity index (χ3n) is 3.24. The number of ketones is 1. The van der Waals surface area contributed by atoms with Crippen LogP contribution in [0.3, 0.4) is 0 Å². The maximum atomic E-state index is 12.2. The minimum atomic E-state index is -2.25. The molecule has 1 N–H and O–H groups in total. The molecule has 1 atom stereocenters. The van der Waals surface area contributed by atoms with Crippen LogP contribution < -0.4 is 0 Å². The number of aliphatic hydroxyl groups is 1. The molecule has 0 aliphatic carbocycles. The molecule has 1 aromatic carbocycles.